The Kier molecular flexibility index (Phi) is 5.76. The van der Waals surface area contributed by atoms with Gasteiger partial charge in [-0.05, 0) is 64.5 Å². The van der Waals surface area contributed by atoms with Gasteiger partial charge in [-0.2, -0.15) is 0 Å². The van der Waals surface area contributed by atoms with Gasteiger partial charge < -0.3 is 5.32 Å². The van der Waals surface area contributed by atoms with Gasteiger partial charge in [-0.25, -0.2) is 17.2 Å². The Morgan fingerprint density at radius 2 is 1.50 bits per heavy atom. The number of carbonyl (C=O) groups excluding carboxylic acids is 1. The van der Waals surface area contributed by atoms with E-state index in [0.29, 0.717) is 5.69 Å². The maximum Gasteiger partial charge on any atom is 0.261 e. The number of anilines is 2. The Hall–Kier alpha value is -2.78. The van der Waals surface area contributed by atoms with Crippen molar-refractivity contribution < 1.29 is 22.0 Å². The summed E-state index contributed by atoms with van der Waals surface area (Å²) in [5.41, 5.74) is 0.169. The quantitative estimate of drug-likeness (QED) is 0.531. The molecule has 0 atom stereocenters. The molecule has 0 saturated heterocycles. The summed E-state index contributed by atoms with van der Waals surface area (Å²) in [6.45, 7) is 0. The molecule has 9 heteroatoms. The highest BCUT2D eigenvalue weighted by Gasteiger charge is 2.17. The van der Waals surface area contributed by atoms with E-state index in [4.69, 9.17) is 0 Å². The summed E-state index contributed by atoms with van der Waals surface area (Å²) in [4.78, 5) is 12.1. The lowest BCUT2D eigenvalue weighted by Gasteiger charge is -2.10. The fraction of sp³-hybridized carbons (Fsp3) is 0. The molecule has 144 valence electrons. The lowest BCUT2D eigenvalue weighted by Crippen LogP contribution is -2.15. The van der Waals surface area contributed by atoms with Crippen LogP contribution in [0.25, 0.3) is 0 Å². The van der Waals surface area contributed by atoms with Crippen LogP contribution in [0.2, 0.25) is 0 Å². The van der Waals surface area contributed by atoms with Gasteiger partial charge >= 0.3 is 0 Å². The predicted molar refractivity (Wildman–Crippen MR) is 106 cm³/mol. The molecule has 0 aliphatic rings. The molecule has 0 radical (unpaired) electrons. The molecule has 0 saturated carbocycles. The molecule has 0 heterocycles. The second-order valence-electron chi connectivity index (χ2n) is 5.70. The van der Waals surface area contributed by atoms with Crippen LogP contribution in [-0.2, 0) is 10.0 Å². The monoisotopic (exact) mass is 466 g/mol. The molecule has 3 aromatic carbocycles. The molecule has 3 rings (SSSR count). The van der Waals surface area contributed by atoms with Gasteiger partial charge in [0.2, 0.25) is 0 Å². The first-order valence-electron chi connectivity index (χ1n) is 7.90. The zero-order valence-corrected chi connectivity index (χ0v) is 16.5. The van der Waals surface area contributed by atoms with Crippen molar-refractivity contribution in [3.05, 3.63) is 88.4 Å². The number of amides is 1. The number of nitrogens with one attached hydrogen (secondary N) is 2. The third-order valence-electron chi connectivity index (χ3n) is 3.70. The minimum absolute atomic E-state index is 0.0183. The van der Waals surface area contributed by atoms with Crippen molar-refractivity contribution in [1.82, 2.24) is 0 Å². The number of sulfonamides is 1. The summed E-state index contributed by atoms with van der Waals surface area (Å²) in [6, 6.07) is 15.3. The highest BCUT2D eigenvalue weighted by Crippen LogP contribution is 2.22. The van der Waals surface area contributed by atoms with Crippen LogP contribution in [0.1, 0.15) is 10.4 Å². The first-order valence-corrected chi connectivity index (χ1v) is 10.2. The molecule has 0 aliphatic heterocycles. The first-order chi connectivity index (χ1) is 13.3. The van der Waals surface area contributed by atoms with Crippen LogP contribution in [-0.4, -0.2) is 14.3 Å². The second-order valence-corrected chi connectivity index (χ2v) is 8.23. The van der Waals surface area contributed by atoms with Gasteiger partial charge in [0.25, 0.3) is 15.9 Å². The SMILES string of the molecule is O=C(Nc1ccc(S(=O)(=O)Nc2ccccc2)cc1)c1cc(F)c(Br)cc1F. The van der Waals surface area contributed by atoms with Gasteiger partial charge in [0.1, 0.15) is 11.6 Å². The molecule has 0 bridgehead atoms. The Morgan fingerprint density at radius 1 is 0.857 bits per heavy atom. The number of para-hydroxylation sites is 1. The fourth-order valence-corrected chi connectivity index (χ4v) is 3.71. The van der Waals surface area contributed by atoms with E-state index < -0.39 is 33.1 Å². The van der Waals surface area contributed by atoms with E-state index in [2.05, 4.69) is 26.0 Å². The predicted octanol–water partition coefficient (Wildman–Crippen LogP) is 4.78. The van der Waals surface area contributed by atoms with Gasteiger partial charge in [0, 0.05) is 11.4 Å². The fourth-order valence-electron chi connectivity index (χ4n) is 2.33. The van der Waals surface area contributed by atoms with Crippen molar-refractivity contribution in [2.24, 2.45) is 0 Å². The maximum atomic E-state index is 13.9. The van der Waals surface area contributed by atoms with E-state index in [1.165, 1.54) is 24.3 Å². The van der Waals surface area contributed by atoms with Gasteiger partial charge in [-0.1, -0.05) is 18.2 Å². The molecule has 0 aromatic heterocycles. The van der Waals surface area contributed by atoms with E-state index in [9.17, 15) is 22.0 Å². The number of carbonyl (C=O) groups is 1. The van der Waals surface area contributed by atoms with Crippen molar-refractivity contribution in [3.8, 4) is 0 Å². The van der Waals surface area contributed by atoms with Crippen molar-refractivity contribution in [2.45, 2.75) is 4.90 Å². The topological polar surface area (TPSA) is 75.3 Å². The van der Waals surface area contributed by atoms with Gasteiger partial charge in [0.15, 0.2) is 0 Å². The number of hydrogen-bond donors (Lipinski definition) is 2. The molecular formula is C19H13BrF2N2O3S. The first kappa shape index (κ1) is 20.0. The van der Waals surface area contributed by atoms with Crippen LogP contribution in [0.4, 0.5) is 20.2 Å². The smallest absolute Gasteiger partial charge is 0.261 e. The minimum Gasteiger partial charge on any atom is -0.322 e. The zero-order chi connectivity index (χ0) is 20.3. The summed E-state index contributed by atoms with van der Waals surface area (Å²) in [5, 5.41) is 2.40. The zero-order valence-electron chi connectivity index (χ0n) is 14.1. The molecule has 0 spiro atoms. The lowest BCUT2D eigenvalue weighted by atomic mass is 10.2. The summed E-state index contributed by atoms with van der Waals surface area (Å²) in [6.07, 6.45) is 0. The van der Waals surface area contributed by atoms with Crippen LogP contribution in [0.3, 0.4) is 0 Å². The van der Waals surface area contributed by atoms with Crippen molar-refractivity contribution in [3.63, 3.8) is 0 Å². The Balaban J connectivity index is 1.76. The highest BCUT2D eigenvalue weighted by molar-refractivity contribution is 9.10. The molecule has 3 aromatic rings. The third-order valence-corrected chi connectivity index (χ3v) is 5.71. The van der Waals surface area contributed by atoms with E-state index in [1.807, 2.05) is 0 Å². The Labute approximate surface area is 168 Å². The molecular weight excluding hydrogens is 454 g/mol. The van der Waals surface area contributed by atoms with Crippen molar-refractivity contribution in [1.29, 1.82) is 0 Å². The lowest BCUT2D eigenvalue weighted by molar-refractivity contribution is 0.102. The van der Waals surface area contributed by atoms with Gasteiger partial charge in [-0.15, -0.1) is 0 Å². The van der Waals surface area contributed by atoms with E-state index in [1.54, 1.807) is 30.3 Å². The summed E-state index contributed by atoms with van der Waals surface area (Å²) >= 11 is 2.84. The molecule has 0 unspecified atom stereocenters. The molecule has 5 nitrogen and oxygen atoms in total. The molecule has 1 amide bonds. The average molecular weight is 467 g/mol. The highest BCUT2D eigenvalue weighted by atomic mass is 79.9. The Morgan fingerprint density at radius 3 is 2.14 bits per heavy atom. The second kappa shape index (κ2) is 8.07. The molecule has 0 aliphatic carbocycles. The summed E-state index contributed by atoms with van der Waals surface area (Å²) < 4.78 is 54.5. The van der Waals surface area contributed by atoms with Crippen molar-refractivity contribution >= 4 is 43.2 Å². The van der Waals surface area contributed by atoms with E-state index >= 15 is 0 Å². The van der Waals surface area contributed by atoms with E-state index in [-0.39, 0.29) is 15.1 Å². The molecule has 2 N–H and O–H groups in total. The number of rotatable bonds is 5. The summed E-state index contributed by atoms with van der Waals surface area (Å²) in [5.74, 6) is -2.53. The van der Waals surface area contributed by atoms with Gasteiger partial charge in [0.05, 0.1) is 14.9 Å². The van der Waals surface area contributed by atoms with Crippen molar-refractivity contribution in [2.75, 3.05) is 10.0 Å². The molecule has 0 fully saturated rings. The standard InChI is InChI=1S/C19H13BrF2N2O3S/c20-16-11-17(21)15(10-18(16)22)19(25)23-12-6-8-14(9-7-12)28(26,27)24-13-4-2-1-3-5-13/h1-11,24H,(H,23,25). The van der Waals surface area contributed by atoms with E-state index in [0.717, 1.165) is 12.1 Å². The van der Waals surface area contributed by atoms with Crippen LogP contribution < -0.4 is 10.0 Å². The number of halogens is 3. The number of benzene rings is 3. The normalized spacial score (nSPS) is 11.1. The van der Waals surface area contributed by atoms with Gasteiger partial charge in [-0.3, -0.25) is 9.52 Å². The molecule has 28 heavy (non-hydrogen) atoms. The minimum atomic E-state index is -3.81. The average Bonchev–Trinajstić information content (AvgIpc) is 2.65. The van der Waals surface area contributed by atoms with Crippen LogP contribution in [0.15, 0.2) is 76.1 Å². The third kappa shape index (κ3) is 4.55. The van der Waals surface area contributed by atoms with Crippen LogP contribution in [0.5, 0.6) is 0 Å². The maximum absolute atomic E-state index is 13.9. The van der Waals surface area contributed by atoms with Crippen LogP contribution >= 0.6 is 15.9 Å². The Bertz CT molecular complexity index is 1120. The van der Waals surface area contributed by atoms with Crippen LogP contribution in [0, 0.1) is 11.6 Å². The summed E-state index contributed by atoms with van der Waals surface area (Å²) in [7, 11) is -3.81. The largest absolute Gasteiger partial charge is 0.322 e. The number of hydrogen-bond acceptors (Lipinski definition) is 3.